The first kappa shape index (κ1) is 15.9. The summed E-state index contributed by atoms with van der Waals surface area (Å²) in [5.41, 5.74) is 0.0508. The highest BCUT2D eigenvalue weighted by Crippen LogP contribution is 2.34. The van der Waals surface area contributed by atoms with Crippen LogP contribution in [0.1, 0.15) is 37.6 Å². The van der Waals surface area contributed by atoms with Crippen molar-refractivity contribution < 1.29 is 4.74 Å². The predicted molar refractivity (Wildman–Crippen MR) is 84.3 cm³/mol. The van der Waals surface area contributed by atoms with E-state index in [1.54, 1.807) is 18.4 Å². The molecule has 0 amide bonds. The zero-order valence-electron chi connectivity index (χ0n) is 12.7. The molecular formula is C15H27N3OS. The van der Waals surface area contributed by atoms with Crippen molar-refractivity contribution in [2.75, 3.05) is 39.9 Å². The maximum atomic E-state index is 5.20. The fraction of sp³-hybridized carbons (Fsp3) is 0.800. The summed E-state index contributed by atoms with van der Waals surface area (Å²) in [4.78, 5) is 7.19. The van der Waals surface area contributed by atoms with Crippen LogP contribution in [0, 0.1) is 0 Å². The highest BCUT2D eigenvalue weighted by molar-refractivity contribution is 7.09. The normalized spacial score (nSPS) is 24.7. The minimum absolute atomic E-state index is 0.0508. The molecule has 5 heteroatoms. The van der Waals surface area contributed by atoms with E-state index in [9.17, 15) is 0 Å². The number of hydrogen-bond donors (Lipinski definition) is 1. The van der Waals surface area contributed by atoms with Gasteiger partial charge in [0.25, 0.3) is 0 Å². The molecule has 1 aliphatic rings. The lowest BCUT2D eigenvalue weighted by Gasteiger charge is -2.32. The van der Waals surface area contributed by atoms with Gasteiger partial charge in [0.1, 0.15) is 5.01 Å². The van der Waals surface area contributed by atoms with Crippen LogP contribution >= 0.6 is 11.3 Å². The van der Waals surface area contributed by atoms with Gasteiger partial charge in [-0.15, -0.1) is 11.3 Å². The summed E-state index contributed by atoms with van der Waals surface area (Å²) in [5.74, 6) is 0. The highest BCUT2D eigenvalue weighted by Gasteiger charge is 2.35. The molecule has 1 saturated heterocycles. The molecule has 0 radical (unpaired) electrons. The number of likely N-dealkylation sites (tertiary alicyclic amines) is 1. The predicted octanol–water partition coefficient (Wildman–Crippen LogP) is 2.47. The van der Waals surface area contributed by atoms with Gasteiger partial charge in [-0.2, -0.15) is 0 Å². The second-order valence-corrected chi connectivity index (χ2v) is 6.43. The lowest BCUT2D eigenvalue weighted by atomic mass is 9.91. The zero-order valence-corrected chi connectivity index (χ0v) is 13.5. The number of hydrogen-bond acceptors (Lipinski definition) is 5. The van der Waals surface area contributed by atoms with Gasteiger partial charge in [0.05, 0.1) is 12.1 Å². The monoisotopic (exact) mass is 297 g/mol. The molecule has 20 heavy (non-hydrogen) atoms. The molecule has 0 saturated carbocycles. The van der Waals surface area contributed by atoms with Crippen molar-refractivity contribution in [2.24, 2.45) is 0 Å². The Kier molecular flexibility index (Phi) is 6.42. The number of methoxy groups -OCH3 is 1. The molecule has 1 aromatic rings. The second-order valence-electron chi connectivity index (χ2n) is 5.53. The summed E-state index contributed by atoms with van der Waals surface area (Å²) < 4.78 is 5.20. The van der Waals surface area contributed by atoms with Gasteiger partial charge in [-0.05, 0) is 38.8 Å². The Morgan fingerprint density at radius 2 is 2.35 bits per heavy atom. The topological polar surface area (TPSA) is 37.4 Å². The van der Waals surface area contributed by atoms with E-state index in [0.717, 1.165) is 26.1 Å². The molecule has 1 unspecified atom stereocenters. The average Bonchev–Trinajstić information content (AvgIpc) is 2.92. The summed E-state index contributed by atoms with van der Waals surface area (Å²) in [6, 6.07) is 0. The number of thiazole rings is 1. The first-order chi connectivity index (χ1) is 9.80. The van der Waals surface area contributed by atoms with E-state index in [4.69, 9.17) is 4.74 Å². The third kappa shape index (κ3) is 4.01. The summed E-state index contributed by atoms with van der Waals surface area (Å²) in [6.45, 7) is 7.50. The van der Waals surface area contributed by atoms with Crippen LogP contribution in [-0.4, -0.2) is 49.8 Å². The van der Waals surface area contributed by atoms with Gasteiger partial charge < -0.3 is 15.0 Å². The van der Waals surface area contributed by atoms with Crippen LogP contribution in [0.25, 0.3) is 0 Å². The minimum Gasteiger partial charge on any atom is -0.383 e. The fourth-order valence-electron chi connectivity index (χ4n) is 3.05. The van der Waals surface area contributed by atoms with Crippen molar-refractivity contribution in [1.29, 1.82) is 0 Å². The van der Waals surface area contributed by atoms with Gasteiger partial charge in [-0.1, -0.05) is 6.92 Å². The molecule has 2 heterocycles. The van der Waals surface area contributed by atoms with Crippen LogP contribution in [0.15, 0.2) is 11.6 Å². The van der Waals surface area contributed by atoms with E-state index >= 15 is 0 Å². The number of nitrogens with zero attached hydrogens (tertiary/aromatic N) is 2. The van der Waals surface area contributed by atoms with Crippen LogP contribution in [0.2, 0.25) is 0 Å². The third-order valence-corrected chi connectivity index (χ3v) is 5.06. The quantitative estimate of drug-likeness (QED) is 0.785. The van der Waals surface area contributed by atoms with E-state index in [2.05, 4.69) is 27.5 Å². The number of ether oxygens (including phenoxy) is 1. The smallest absolute Gasteiger partial charge is 0.113 e. The Labute approximate surface area is 126 Å². The molecule has 2 rings (SSSR count). The van der Waals surface area contributed by atoms with Gasteiger partial charge in [0, 0.05) is 31.8 Å². The van der Waals surface area contributed by atoms with Gasteiger partial charge in [0.2, 0.25) is 0 Å². The molecule has 1 aliphatic heterocycles. The van der Waals surface area contributed by atoms with Crippen molar-refractivity contribution >= 4 is 11.3 Å². The third-order valence-electron chi connectivity index (χ3n) is 4.08. The second kappa shape index (κ2) is 8.08. The molecular weight excluding hydrogens is 270 g/mol. The van der Waals surface area contributed by atoms with E-state index in [1.807, 2.05) is 6.20 Å². The Balaban J connectivity index is 2.06. The molecule has 1 aromatic heterocycles. The lowest BCUT2D eigenvalue weighted by Crippen LogP contribution is -2.44. The summed E-state index contributed by atoms with van der Waals surface area (Å²) in [6.07, 6.45) is 6.71. The first-order valence-electron chi connectivity index (χ1n) is 7.67. The molecule has 1 atom stereocenters. The summed E-state index contributed by atoms with van der Waals surface area (Å²) >= 11 is 1.78. The Bertz CT molecular complexity index is 371. The van der Waals surface area contributed by atoms with E-state index in [0.29, 0.717) is 0 Å². The molecule has 1 N–H and O–H groups in total. The van der Waals surface area contributed by atoms with Crippen LogP contribution in [0.3, 0.4) is 0 Å². The van der Waals surface area contributed by atoms with Crippen molar-refractivity contribution in [3.8, 4) is 0 Å². The van der Waals surface area contributed by atoms with Gasteiger partial charge in [-0.3, -0.25) is 0 Å². The van der Waals surface area contributed by atoms with Crippen LogP contribution < -0.4 is 5.32 Å². The van der Waals surface area contributed by atoms with Gasteiger partial charge >= 0.3 is 0 Å². The minimum atomic E-state index is 0.0508. The summed E-state index contributed by atoms with van der Waals surface area (Å²) in [7, 11) is 1.76. The van der Waals surface area contributed by atoms with Crippen LogP contribution in [0.4, 0.5) is 0 Å². The Hall–Kier alpha value is -0.490. The fourth-order valence-corrected chi connectivity index (χ4v) is 3.92. The highest BCUT2D eigenvalue weighted by atomic mass is 32.1. The standard InChI is InChI=1S/C15H27N3OS/c1-3-9-18-10-4-5-15(6-11-18,17-7-12-19-2)14-16-8-13-20-14/h8,13,17H,3-7,9-12H2,1-2H3. The zero-order chi connectivity index (χ0) is 14.3. The van der Waals surface area contributed by atoms with Crippen LogP contribution in [0.5, 0.6) is 0 Å². The SMILES string of the molecule is CCCN1CCCC(NCCOC)(c2nccs2)CC1. The maximum Gasteiger partial charge on any atom is 0.113 e. The number of rotatable bonds is 7. The van der Waals surface area contributed by atoms with Crippen molar-refractivity contribution in [2.45, 2.75) is 38.1 Å². The maximum absolute atomic E-state index is 5.20. The van der Waals surface area contributed by atoms with E-state index in [1.165, 1.54) is 37.4 Å². The largest absolute Gasteiger partial charge is 0.383 e. The summed E-state index contributed by atoms with van der Waals surface area (Å²) in [5, 5.41) is 7.07. The first-order valence-corrected chi connectivity index (χ1v) is 8.55. The van der Waals surface area contributed by atoms with Crippen molar-refractivity contribution in [1.82, 2.24) is 15.2 Å². The van der Waals surface area contributed by atoms with Crippen molar-refractivity contribution in [3.05, 3.63) is 16.6 Å². The lowest BCUT2D eigenvalue weighted by molar-refractivity contribution is 0.176. The number of nitrogens with one attached hydrogen (secondary N) is 1. The van der Waals surface area contributed by atoms with E-state index < -0.39 is 0 Å². The van der Waals surface area contributed by atoms with Gasteiger partial charge in [-0.25, -0.2) is 4.98 Å². The average molecular weight is 297 g/mol. The van der Waals surface area contributed by atoms with E-state index in [-0.39, 0.29) is 5.54 Å². The molecule has 114 valence electrons. The molecule has 1 fully saturated rings. The van der Waals surface area contributed by atoms with Gasteiger partial charge in [0.15, 0.2) is 0 Å². The molecule has 0 bridgehead atoms. The Morgan fingerprint density at radius 1 is 1.45 bits per heavy atom. The van der Waals surface area contributed by atoms with Crippen LogP contribution in [-0.2, 0) is 10.3 Å². The molecule has 0 aromatic carbocycles. The molecule has 4 nitrogen and oxygen atoms in total. The molecule has 0 spiro atoms. The Morgan fingerprint density at radius 3 is 3.05 bits per heavy atom. The molecule has 0 aliphatic carbocycles. The number of aromatic nitrogens is 1. The van der Waals surface area contributed by atoms with Crippen molar-refractivity contribution in [3.63, 3.8) is 0 Å².